The molecule has 1 rings (SSSR count). The summed E-state index contributed by atoms with van der Waals surface area (Å²) in [7, 11) is 0. The maximum absolute atomic E-state index is 3.51. The summed E-state index contributed by atoms with van der Waals surface area (Å²) in [6, 6.07) is 1.26. The summed E-state index contributed by atoms with van der Waals surface area (Å²) < 4.78 is 0. The van der Waals surface area contributed by atoms with Crippen molar-refractivity contribution in [3.63, 3.8) is 0 Å². The molecule has 0 amide bonds. The summed E-state index contributed by atoms with van der Waals surface area (Å²) in [6.45, 7) is 16.3. The molecule has 1 aliphatic heterocycles. The molecule has 0 aliphatic carbocycles. The van der Waals surface area contributed by atoms with E-state index in [0.717, 1.165) is 6.54 Å². The molecule has 1 fully saturated rings. The molecule has 0 saturated carbocycles. The van der Waals surface area contributed by atoms with Crippen LogP contribution in [0.4, 0.5) is 0 Å². The van der Waals surface area contributed by atoms with Gasteiger partial charge >= 0.3 is 0 Å². The number of hydrogen-bond donors (Lipinski definition) is 1. The van der Waals surface area contributed by atoms with Crippen LogP contribution in [0.15, 0.2) is 0 Å². The lowest BCUT2D eigenvalue weighted by molar-refractivity contribution is 0.0918. The number of hydrogen-bond acceptors (Lipinski definition) is 3. The predicted octanol–water partition coefficient (Wildman–Crippen LogP) is 1.01. The van der Waals surface area contributed by atoms with Crippen LogP contribution in [-0.4, -0.2) is 61.2 Å². The first kappa shape index (κ1) is 12.9. The Hall–Kier alpha value is -0.120. The minimum Gasteiger partial charge on any atom is -0.313 e. The third kappa shape index (κ3) is 3.74. The van der Waals surface area contributed by atoms with Gasteiger partial charge in [0.1, 0.15) is 0 Å². The molecule has 2 unspecified atom stereocenters. The summed E-state index contributed by atoms with van der Waals surface area (Å²) in [5.74, 6) is 0. The number of piperazine rings is 1. The van der Waals surface area contributed by atoms with Crippen molar-refractivity contribution < 1.29 is 0 Å². The van der Waals surface area contributed by atoms with E-state index in [2.05, 4.69) is 42.8 Å². The number of likely N-dealkylation sites (N-methyl/N-ethyl adjacent to an activating group) is 2. The summed E-state index contributed by atoms with van der Waals surface area (Å²) in [5, 5.41) is 3.51. The molecule has 1 aliphatic rings. The van der Waals surface area contributed by atoms with Gasteiger partial charge in [-0.05, 0) is 26.9 Å². The average Bonchev–Trinajstić information content (AvgIpc) is 2.28. The molecule has 3 heteroatoms. The van der Waals surface area contributed by atoms with E-state index >= 15 is 0 Å². The quantitative estimate of drug-likeness (QED) is 0.735. The highest BCUT2D eigenvalue weighted by Gasteiger charge is 2.23. The summed E-state index contributed by atoms with van der Waals surface area (Å²) in [4.78, 5) is 5.14. The number of nitrogens with zero attached hydrogens (tertiary/aromatic N) is 2. The molecule has 0 spiro atoms. The van der Waals surface area contributed by atoms with Gasteiger partial charge in [0.25, 0.3) is 0 Å². The third-order valence-electron chi connectivity index (χ3n) is 3.68. The van der Waals surface area contributed by atoms with Crippen LogP contribution in [0.25, 0.3) is 0 Å². The van der Waals surface area contributed by atoms with Gasteiger partial charge in [-0.1, -0.05) is 13.8 Å². The van der Waals surface area contributed by atoms with Crippen molar-refractivity contribution >= 4 is 0 Å². The highest BCUT2D eigenvalue weighted by Crippen LogP contribution is 2.08. The van der Waals surface area contributed by atoms with Crippen molar-refractivity contribution in [2.24, 2.45) is 0 Å². The van der Waals surface area contributed by atoms with Gasteiger partial charge in [0.05, 0.1) is 0 Å². The monoisotopic (exact) mass is 213 g/mol. The normalized spacial score (nSPS) is 24.0. The van der Waals surface area contributed by atoms with E-state index in [9.17, 15) is 0 Å². The molecule has 2 atom stereocenters. The van der Waals surface area contributed by atoms with Crippen LogP contribution >= 0.6 is 0 Å². The Balaban J connectivity index is 2.32. The van der Waals surface area contributed by atoms with Crippen LogP contribution in [0.3, 0.4) is 0 Å². The number of nitrogens with one attached hydrogen (secondary N) is 1. The van der Waals surface area contributed by atoms with Crippen molar-refractivity contribution in [1.82, 2.24) is 15.1 Å². The Morgan fingerprint density at radius 3 is 2.13 bits per heavy atom. The Morgan fingerprint density at radius 1 is 1.07 bits per heavy atom. The fourth-order valence-electron chi connectivity index (χ4n) is 2.30. The van der Waals surface area contributed by atoms with E-state index < -0.39 is 0 Å². The van der Waals surface area contributed by atoms with Gasteiger partial charge in [-0.2, -0.15) is 0 Å². The lowest BCUT2D eigenvalue weighted by Gasteiger charge is -2.40. The molecule has 0 aromatic rings. The molecule has 1 heterocycles. The highest BCUT2D eigenvalue weighted by molar-refractivity contribution is 4.81. The Kier molecular flexibility index (Phi) is 5.58. The molecule has 0 aromatic carbocycles. The molecule has 0 bridgehead atoms. The SMILES string of the molecule is CCNC(C)C(C)N1CCN(CC)CC1. The Morgan fingerprint density at radius 2 is 1.67 bits per heavy atom. The fraction of sp³-hybridized carbons (Fsp3) is 1.00. The Bertz CT molecular complexity index is 164. The van der Waals surface area contributed by atoms with E-state index in [0.29, 0.717) is 12.1 Å². The maximum atomic E-state index is 3.51. The summed E-state index contributed by atoms with van der Waals surface area (Å²) in [5.41, 5.74) is 0. The molecular formula is C12H27N3. The van der Waals surface area contributed by atoms with Crippen LogP contribution in [0.5, 0.6) is 0 Å². The second-order valence-electron chi connectivity index (χ2n) is 4.56. The predicted molar refractivity (Wildman–Crippen MR) is 66.3 cm³/mol. The number of rotatable bonds is 5. The highest BCUT2D eigenvalue weighted by atomic mass is 15.3. The lowest BCUT2D eigenvalue weighted by Crippen LogP contribution is -2.54. The van der Waals surface area contributed by atoms with E-state index in [4.69, 9.17) is 0 Å². The molecule has 1 N–H and O–H groups in total. The van der Waals surface area contributed by atoms with Crippen LogP contribution in [0.1, 0.15) is 27.7 Å². The molecular weight excluding hydrogens is 186 g/mol. The van der Waals surface area contributed by atoms with Gasteiger partial charge in [-0.25, -0.2) is 0 Å². The standard InChI is InChI=1S/C12H27N3/c1-5-13-11(3)12(4)15-9-7-14(6-2)8-10-15/h11-13H,5-10H2,1-4H3. The van der Waals surface area contributed by atoms with Crippen LogP contribution < -0.4 is 5.32 Å². The summed E-state index contributed by atoms with van der Waals surface area (Å²) in [6.07, 6.45) is 0. The van der Waals surface area contributed by atoms with E-state index in [1.165, 1.54) is 32.7 Å². The zero-order valence-electron chi connectivity index (χ0n) is 10.8. The minimum atomic E-state index is 0.600. The minimum absolute atomic E-state index is 0.600. The lowest BCUT2D eigenvalue weighted by atomic mass is 10.1. The molecule has 1 saturated heterocycles. The van der Waals surface area contributed by atoms with Gasteiger partial charge in [0.2, 0.25) is 0 Å². The molecule has 0 radical (unpaired) electrons. The second-order valence-corrected chi connectivity index (χ2v) is 4.56. The van der Waals surface area contributed by atoms with Gasteiger partial charge in [-0.3, -0.25) is 4.90 Å². The first-order valence-corrected chi connectivity index (χ1v) is 6.38. The topological polar surface area (TPSA) is 18.5 Å². The van der Waals surface area contributed by atoms with Crippen LogP contribution in [0.2, 0.25) is 0 Å². The first-order chi connectivity index (χ1) is 7.19. The largest absolute Gasteiger partial charge is 0.313 e. The van der Waals surface area contributed by atoms with Crippen molar-refractivity contribution in [2.75, 3.05) is 39.3 Å². The fourth-order valence-corrected chi connectivity index (χ4v) is 2.30. The van der Waals surface area contributed by atoms with E-state index in [1.807, 2.05) is 0 Å². The molecule has 90 valence electrons. The third-order valence-corrected chi connectivity index (χ3v) is 3.68. The second kappa shape index (κ2) is 6.46. The first-order valence-electron chi connectivity index (χ1n) is 6.38. The van der Waals surface area contributed by atoms with Gasteiger partial charge in [0, 0.05) is 38.3 Å². The average molecular weight is 213 g/mol. The van der Waals surface area contributed by atoms with Crippen molar-refractivity contribution in [1.29, 1.82) is 0 Å². The Labute approximate surface area is 94.8 Å². The van der Waals surface area contributed by atoms with E-state index in [1.54, 1.807) is 0 Å². The molecule has 0 aromatic heterocycles. The smallest absolute Gasteiger partial charge is 0.0219 e. The zero-order valence-corrected chi connectivity index (χ0v) is 10.8. The maximum Gasteiger partial charge on any atom is 0.0219 e. The van der Waals surface area contributed by atoms with Gasteiger partial charge < -0.3 is 10.2 Å². The molecule has 3 nitrogen and oxygen atoms in total. The van der Waals surface area contributed by atoms with Crippen molar-refractivity contribution in [3.05, 3.63) is 0 Å². The van der Waals surface area contributed by atoms with Gasteiger partial charge in [0.15, 0.2) is 0 Å². The summed E-state index contributed by atoms with van der Waals surface area (Å²) >= 11 is 0. The zero-order chi connectivity index (χ0) is 11.3. The van der Waals surface area contributed by atoms with Crippen molar-refractivity contribution in [2.45, 2.75) is 39.8 Å². The van der Waals surface area contributed by atoms with Crippen molar-refractivity contribution in [3.8, 4) is 0 Å². The van der Waals surface area contributed by atoms with Crippen LogP contribution in [-0.2, 0) is 0 Å². The van der Waals surface area contributed by atoms with Gasteiger partial charge in [-0.15, -0.1) is 0 Å². The van der Waals surface area contributed by atoms with Crippen LogP contribution in [0, 0.1) is 0 Å². The molecule has 15 heavy (non-hydrogen) atoms. The van der Waals surface area contributed by atoms with E-state index in [-0.39, 0.29) is 0 Å².